The van der Waals surface area contributed by atoms with Gasteiger partial charge < -0.3 is 5.32 Å². The number of fused-ring (bicyclic) bond motifs is 1. The van der Waals surface area contributed by atoms with E-state index in [-0.39, 0.29) is 21.6 Å². The van der Waals surface area contributed by atoms with E-state index in [1.54, 1.807) is 0 Å². The van der Waals surface area contributed by atoms with Crippen molar-refractivity contribution in [2.45, 2.75) is 19.5 Å². The van der Waals surface area contributed by atoms with E-state index in [4.69, 9.17) is 11.6 Å². The molecule has 0 fully saturated rings. The van der Waals surface area contributed by atoms with Crippen molar-refractivity contribution in [1.29, 1.82) is 0 Å². The molecule has 1 heterocycles. The van der Waals surface area contributed by atoms with Gasteiger partial charge in [0.2, 0.25) is 0 Å². The SMILES string of the molecule is CCCNc1cc(C(F)(F)F)nc2c(F)cc(Cl)cc12. The van der Waals surface area contributed by atoms with E-state index in [1.807, 2.05) is 6.92 Å². The van der Waals surface area contributed by atoms with E-state index < -0.39 is 17.7 Å². The van der Waals surface area contributed by atoms with Crippen LogP contribution in [0.2, 0.25) is 5.02 Å². The molecule has 0 atom stereocenters. The molecule has 0 saturated carbocycles. The predicted molar refractivity (Wildman–Crippen MR) is 70.5 cm³/mol. The third kappa shape index (κ3) is 2.95. The Hall–Kier alpha value is -1.56. The van der Waals surface area contributed by atoms with Crippen LogP contribution in [0, 0.1) is 5.82 Å². The molecule has 108 valence electrons. The second-order valence-electron chi connectivity index (χ2n) is 4.26. The highest BCUT2D eigenvalue weighted by atomic mass is 35.5. The molecule has 2 rings (SSSR count). The number of alkyl halides is 3. The van der Waals surface area contributed by atoms with Crippen LogP contribution in [0.4, 0.5) is 23.2 Å². The zero-order valence-electron chi connectivity index (χ0n) is 10.5. The van der Waals surface area contributed by atoms with Gasteiger partial charge in [-0.15, -0.1) is 0 Å². The summed E-state index contributed by atoms with van der Waals surface area (Å²) in [6.07, 6.45) is -3.92. The van der Waals surface area contributed by atoms with Gasteiger partial charge in [0.05, 0.1) is 0 Å². The first-order valence-corrected chi connectivity index (χ1v) is 6.31. The van der Waals surface area contributed by atoms with Gasteiger partial charge in [0.1, 0.15) is 11.2 Å². The number of nitrogens with zero attached hydrogens (tertiary/aromatic N) is 1. The number of hydrogen-bond donors (Lipinski definition) is 1. The number of pyridine rings is 1. The van der Waals surface area contributed by atoms with Crippen molar-refractivity contribution >= 4 is 28.2 Å². The number of nitrogens with one attached hydrogen (secondary N) is 1. The van der Waals surface area contributed by atoms with Gasteiger partial charge in [0.15, 0.2) is 5.82 Å². The van der Waals surface area contributed by atoms with Crippen LogP contribution in [-0.4, -0.2) is 11.5 Å². The highest BCUT2D eigenvalue weighted by molar-refractivity contribution is 6.31. The predicted octanol–water partition coefficient (Wildman–Crippen LogP) is 4.87. The Morgan fingerprint density at radius 1 is 1.25 bits per heavy atom. The molecule has 0 amide bonds. The van der Waals surface area contributed by atoms with Gasteiger partial charge in [-0.2, -0.15) is 13.2 Å². The highest BCUT2D eigenvalue weighted by Crippen LogP contribution is 2.35. The summed E-state index contributed by atoms with van der Waals surface area (Å²) in [6, 6.07) is 3.21. The molecule has 20 heavy (non-hydrogen) atoms. The number of hydrogen-bond acceptors (Lipinski definition) is 2. The van der Waals surface area contributed by atoms with Gasteiger partial charge in [-0.25, -0.2) is 9.37 Å². The standard InChI is InChI=1S/C13H11ClF4N2/c1-2-3-19-10-6-11(13(16,17)18)20-12-8(10)4-7(14)5-9(12)15/h4-6H,2-3H2,1H3,(H,19,20). The van der Waals surface area contributed by atoms with Crippen LogP contribution < -0.4 is 5.32 Å². The molecular weight excluding hydrogens is 296 g/mol. The summed E-state index contributed by atoms with van der Waals surface area (Å²) < 4.78 is 52.1. The Morgan fingerprint density at radius 2 is 1.95 bits per heavy atom. The molecular formula is C13H11ClF4N2. The normalized spacial score (nSPS) is 11.9. The van der Waals surface area contributed by atoms with Crippen molar-refractivity contribution in [2.75, 3.05) is 11.9 Å². The van der Waals surface area contributed by atoms with Gasteiger partial charge in [0.25, 0.3) is 0 Å². The van der Waals surface area contributed by atoms with Crippen LogP contribution in [0.1, 0.15) is 19.0 Å². The summed E-state index contributed by atoms with van der Waals surface area (Å²) in [5.41, 5.74) is -1.31. The average molecular weight is 307 g/mol. The molecule has 1 aromatic carbocycles. The second kappa shape index (κ2) is 5.44. The van der Waals surface area contributed by atoms with E-state index in [0.29, 0.717) is 13.0 Å². The molecule has 0 aliphatic carbocycles. The molecule has 0 spiro atoms. The molecule has 2 aromatic rings. The minimum atomic E-state index is -4.64. The molecule has 1 N–H and O–H groups in total. The summed E-state index contributed by atoms with van der Waals surface area (Å²) in [4.78, 5) is 3.36. The topological polar surface area (TPSA) is 24.9 Å². The molecule has 0 bridgehead atoms. The van der Waals surface area contributed by atoms with Crippen molar-refractivity contribution in [3.63, 3.8) is 0 Å². The molecule has 0 radical (unpaired) electrons. The van der Waals surface area contributed by atoms with E-state index in [1.165, 1.54) is 6.07 Å². The van der Waals surface area contributed by atoms with Crippen molar-refractivity contribution in [3.8, 4) is 0 Å². The third-order valence-electron chi connectivity index (χ3n) is 2.69. The van der Waals surface area contributed by atoms with Crippen LogP contribution >= 0.6 is 11.6 Å². The summed E-state index contributed by atoms with van der Waals surface area (Å²) >= 11 is 5.74. The minimum absolute atomic E-state index is 0.108. The summed E-state index contributed by atoms with van der Waals surface area (Å²) in [5.74, 6) is -0.877. The average Bonchev–Trinajstić information content (AvgIpc) is 2.34. The quantitative estimate of drug-likeness (QED) is 0.818. The molecule has 1 aromatic heterocycles. The molecule has 0 aliphatic rings. The fraction of sp³-hybridized carbons (Fsp3) is 0.308. The summed E-state index contributed by atoms with van der Waals surface area (Å²) in [5, 5.41) is 3.18. The van der Waals surface area contributed by atoms with E-state index >= 15 is 0 Å². The Labute approximate surface area is 117 Å². The first kappa shape index (κ1) is 14.8. The molecule has 0 saturated heterocycles. The monoisotopic (exact) mass is 306 g/mol. The fourth-order valence-electron chi connectivity index (χ4n) is 1.80. The smallest absolute Gasteiger partial charge is 0.384 e. The Balaban J connectivity index is 2.71. The Morgan fingerprint density at radius 3 is 2.55 bits per heavy atom. The van der Waals surface area contributed by atoms with E-state index in [2.05, 4.69) is 10.3 Å². The maximum atomic E-state index is 13.8. The highest BCUT2D eigenvalue weighted by Gasteiger charge is 2.33. The minimum Gasteiger partial charge on any atom is -0.384 e. The van der Waals surface area contributed by atoms with Crippen LogP contribution in [0.5, 0.6) is 0 Å². The van der Waals surface area contributed by atoms with Gasteiger partial charge in [-0.1, -0.05) is 18.5 Å². The fourth-order valence-corrected chi connectivity index (χ4v) is 2.01. The zero-order valence-corrected chi connectivity index (χ0v) is 11.2. The third-order valence-corrected chi connectivity index (χ3v) is 2.91. The largest absolute Gasteiger partial charge is 0.433 e. The summed E-state index contributed by atoms with van der Waals surface area (Å²) in [7, 11) is 0. The lowest BCUT2D eigenvalue weighted by atomic mass is 10.1. The first-order chi connectivity index (χ1) is 9.32. The number of benzene rings is 1. The lowest BCUT2D eigenvalue weighted by Gasteiger charge is -2.13. The van der Waals surface area contributed by atoms with Crippen molar-refractivity contribution in [1.82, 2.24) is 4.98 Å². The number of rotatable bonds is 3. The van der Waals surface area contributed by atoms with Gasteiger partial charge in [-0.3, -0.25) is 0 Å². The Bertz CT molecular complexity index is 640. The lowest BCUT2D eigenvalue weighted by molar-refractivity contribution is -0.140. The number of halogens is 5. The maximum absolute atomic E-state index is 13.8. The second-order valence-corrected chi connectivity index (χ2v) is 4.70. The van der Waals surface area contributed by atoms with E-state index in [9.17, 15) is 17.6 Å². The van der Waals surface area contributed by atoms with Gasteiger partial charge in [-0.05, 0) is 24.6 Å². The van der Waals surface area contributed by atoms with Crippen molar-refractivity contribution < 1.29 is 17.6 Å². The van der Waals surface area contributed by atoms with Crippen LogP contribution in [0.25, 0.3) is 10.9 Å². The first-order valence-electron chi connectivity index (χ1n) is 5.93. The number of aromatic nitrogens is 1. The zero-order chi connectivity index (χ0) is 14.9. The Kier molecular flexibility index (Phi) is 4.04. The maximum Gasteiger partial charge on any atom is 0.433 e. The van der Waals surface area contributed by atoms with Gasteiger partial charge >= 0.3 is 6.18 Å². The van der Waals surface area contributed by atoms with Crippen molar-refractivity contribution in [3.05, 3.63) is 34.7 Å². The molecule has 0 unspecified atom stereocenters. The molecule has 7 heteroatoms. The van der Waals surface area contributed by atoms with Crippen molar-refractivity contribution in [2.24, 2.45) is 0 Å². The molecule has 2 nitrogen and oxygen atoms in total. The van der Waals surface area contributed by atoms with Crippen LogP contribution in [0.3, 0.4) is 0 Å². The van der Waals surface area contributed by atoms with Gasteiger partial charge in [0, 0.05) is 22.6 Å². The van der Waals surface area contributed by atoms with Crippen LogP contribution in [0.15, 0.2) is 18.2 Å². The summed E-state index contributed by atoms with van der Waals surface area (Å²) in [6.45, 7) is 2.33. The molecule has 0 aliphatic heterocycles. The lowest BCUT2D eigenvalue weighted by Crippen LogP contribution is -2.11. The number of anilines is 1. The van der Waals surface area contributed by atoms with Crippen LogP contribution in [-0.2, 0) is 6.18 Å². The van der Waals surface area contributed by atoms with E-state index in [0.717, 1.165) is 12.1 Å².